The van der Waals surface area contributed by atoms with Gasteiger partial charge in [0.05, 0.1) is 32.1 Å². The van der Waals surface area contributed by atoms with Gasteiger partial charge in [-0.05, 0) is 31.9 Å². The van der Waals surface area contributed by atoms with E-state index in [4.69, 9.17) is 20.3 Å². The molecule has 0 saturated heterocycles. The van der Waals surface area contributed by atoms with Gasteiger partial charge in [0.2, 0.25) is 11.8 Å². The van der Waals surface area contributed by atoms with Crippen LogP contribution >= 0.6 is 0 Å². The van der Waals surface area contributed by atoms with Crippen molar-refractivity contribution in [1.82, 2.24) is 19.5 Å². The molecule has 4 rings (SSSR count). The van der Waals surface area contributed by atoms with Crippen LogP contribution in [0.15, 0.2) is 23.1 Å². The lowest BCUT2D eigenvalue weighted by atomic mass is 9.88. The molecule has 0 amide bonds. The van der Waals surface area contributed by atoms with E-state index in [-0.39, 0.29) is 48.3 Å². The Labute approximate surface area is 171 Å². The van der Waals surface area contributed by atoms with Gasteiger partial charge in [-0.25, -0.2) is 14.4 Å². The Balaban J connectivity index is 1.86. The predicted octanol–water partition coefficient (Wildman–Crippen LogP) is 1.60. The Bertz CT molecular complexity index is 1160. The molecule has 0 aromatic carbocycles. The monoisotopic (exact) mass is 415 g/mol. The van der Waals surface area contributed by atoms with E-state index in [1.165, 1.54) is 19.4 Å². The Hall–Kier alpha value is -3.11. The Morgan fingerprint density at radius 3 is 2.77 bits per heavy atom. The van der Waals surface area contributed by atoms with Crippen LogP contribution in [0.3, 0.4) is 0 Å². The molecule has 1 aliphatic rings. The van der Waals surface area contributed by atoms with Crippen LogP contribution in [0, 0.1) is 12.7 Å². The summed E-state index contributed by atoms with van der Waals surface area (Å²) in [5.74, 6) is -0.729. The number of pyridine rings is 2. The van der Waals surface area contributed by atoms with E-state index in [0.29, 0.717) is 35.1 Å². The number of hydrogen-bond acceptors (Lipinski definition) is 8. The van der Waals surface area contributed by atoms with Crippen LogP contribution in [0.4, 0.5) is 10.3 Å². The predicted molar refractivity (Wildman–Crippen MR) is 108 cm³/mol. The number of aromatic nitrogens is 4. The zero-order valence-electron chi connectivity index (χ0n) is 16.6. The lowest BCUT2D eigenvalue weighted by Crippen LogP contribution is -2.39. The van der Waals surface area contributed by atoms with Gasteiger partial charge < -0.3 is 20.3 Å². The first-order valence-electron chi connectivity index (χ1n) is 9.54. The number of aryl methyl sites for hydroxylation is 1. The average Bonchev–Trinajstić information content (AvgIpc) is 2.68. The third-order valence-corrected chi connectivity index (χ3v) is 5.29. The van der Waals surface area contributed by atoms with Gasteiger partial charge in [-0.2, -0.15) is 4.98 Å². The molecule has 0 spiro atoms. The molecule has 10 heteroatoms. The van der Waals surface area contributed by atoms with Crippen molar-refractivity contribution in [2.45, 2.75) is 31.9 Å². The van der Waals surface area contributed by atoms with E-state index in [9.17, 15) is 9.18 Å². The lowest BCUT2D eigenvalue weighted by molar-refractivity contribution is -0.0381. The molecule has 0 aliphatic heterocycles. The molecule has 0 atom stereocenters. The number of rotatable bonds is 6. The van der Waals surface area contributed by atoms with Crippen LogP contribution in [0.25, 0.3) is 22.2 Å². The number of nitrogens with zero attached hydrogens (tertiary/aromatic N) is 4. The van der Waals surface area contributed by atoms with E-state index < -0.39 is 5.82 Å². The standard InChI is InChI=1S/C20H22FN5O4/c1-10-14-8-15(11-5-16(21)18(29-2)23-9-11)19(28)26(17(14)25-20(22)24-10)12-6-13(7-12)30-4-3-27/h5,8-9,12-13,27H,3-4,6-7H2,1-2H3,(H2,22,24,25). The molecule has 3 N–H and O–H groups in total. The summed E-state index contributed by atoms with van der Waals surface area (Å²) in [6.07, 6.45) is 2.54. The van der Waals surface area contributed by atoms with Crippen molar-refractivity contribution in [3.63, 3.8) is 0 Å². The molecule has 0 bridgehead atoms. The van der Waals surface area contributed by atoms with Crippen LogP contribution in [-0.2, 0) is 4.74 Å². The summed E-state index contributed by atoms with van der Waals surface area (Å²) in [5, 5.41) is 9.58. The van der Waals surface area contributed by atoms with Gasteiger partial charge in [0.1, 0.15) is 5.65 Å². The van der Waals surface area contributed by atoms with Crippen LogP contribution in [0.2, 0.25) is 0 Å². The number of anilines is 1. The van der Waals surface area contributed by atoms with Crippen molar-refractivity contribution in [2.75, 3.05) is 26.1 Å². The summed E-state index contributed by atoms with van der Waals surface area (Å²) in [4.78, 5) is 25.9. The molecule has 158 valence electrons. The number of methoxy groups -OCH3 is 1. The van der Waals surface area contributed by atoms with Crippen molar-refractivity contribution in [2.24, 2.45) is 0 Å². The third kappa shape index (κ3) is 3.48. The molecule has 30 heavy (non-hydrogen) atoms. The second kappa shape index (κ2) is 7.96. The number of aliphatic hydroxyl groups excluding tert-OH is 1. The summed E-state index contributed by atoms with van der Waals surface area (Å²) in [6, 6.07) is 2.71. The normalized spacial score (nSPS) is 18.4. The molecule has 9 nitrogen and oxygen atoms in total. The lowest BCUT2D eigenvalue weighted by Gasteiger charge is -2.36. The maximum Gasteiger partial charge on any atom is 0.260 e. The van der Waals surface area contributed by atoms with Gasteiger partial charge in [0, 0.05) is 28.8 Å². The number of nitrogen functional groups attached to an aromatic ring is 1. The van der Waals surface area contributed by atoms with Crippen LogP contribution in [0.1, 0.15) is 24.6 Å². The van der Waals surface area contributed by atoms with Crippen molar-refractivity contribution in [1.29, 1.82) is 0 Å². The van der Waals surface area contributed by atoms with Crippen molar-refractivity contribution in [3.05, 3.63) is 40.2 Å². The van der Waals surface area contributed by atoms with Gasteiger partial charge >= 0.3 is 0 Å². The van der Waals surface area contributed by atoms with Gasteiger partial charge in [-0.3, -0.25) is 9.36 Å². The Morgan fingerprint density at radius 2 is 2.10 bits per heavy atom. The number of aliphatic hydroxyl groups is 1. The first-order valence-corrected chi connectivity index (χ1v) is 9.54. The van der Waals surface area contributed by atoms with Crippen molar-refractivity contribution < 1.29 is 19.0 Å². The summed E-state index contributed by atoms with van der Waals surface area (Å²) < 4.78 is 26.2. The fourth-order valence-corrected chi connectivity index (χ4v) is 3.74. The molecule has 1 aliphatic carbocycles. The maximum atomic E-state index is 14.2. The molecule has 1 fully saturated rings. The minimum absolute atomic E-state index is 0.0480. The number of ether oxygens (including phenoxy) is 2. The highest BCUT2D eigenvalue weighted by molar-refractivity contribution is 5.84. The molecular weight excluding hydrogens is 393 g/mol. The number of fused-ring (bicyclic) bond motifs is 1. The highest BCUT2D eigenvalue weighted by Gasteiger charge is 2.34. The second-order valence-corrected chi connectivity index (χ2v) is 7.19. The number of nitrogens with two attached hydrogens (primary N) is 1. The van der Waals surface area contributed by atoms with Crippen LogP contribution < -0.4 is 16.0 Å². The van der Waals surface area contributed by atoms with Crippen molar-refractivity contribution >= 4 is 17.0 Å². The first kappa shape index (κ1) is 20.2. The molecule has 0 unspecified atom stereocenters. The third-order valence-electron chi connectivity index (χ3n) is 5.29. The number of halogens is 1. The SMILES string of the molecule is COc1ncc(-c2cc3c(C)nc(N)nc3n(C3CC(OCCO)C3)c2=O)cc1F. The summed E-state index contributed by atoms with van der Waals surface area (Å²) >= 11 is 0. The molecule has 3 aromatic heterocycles. The smallest absolute Gasteiger partial charge is 0.260 e. The quantitative estimate of drug-likeness (QED) is 0.622. The molecular formula is C20H22FN5O4. The fourth-order valence-electron chi connectivity index (χ4n) is 3.74. The zero-order chi connectivity index (χ0) is 21.4. The summed E-state index contributed by atoms with van der Waals surface area (Å²) in [5.41, 5.74) is 7.17. The van der Waals surface area contributed by atoms with Crippen molar-refractivity contribution in [3.8, 4) is 17.0 Å². The van der Waals surface area contributed by atoms with Gasteiger partial charge in [-0.1, -0.05) is 0 Å². The molecule has 3 aromatic rings. The van der Waals surface area contributed by atoms with E-state index in [1.807, 2.05) is 0 Å². The fraction of sp³-hybridized carbons (Fsp3) is 0.400. The summed E-state index contributed by atoms with van der Waals surface area (Å²) in [6.45, 7) is 1.97. The zero-order valence-corrected chi connectivity index (χ0v) is 16.6. The highest BCUT2D eigenvalue weighted by Crippen LogP contribution is 2.36. The highest BCUT2D eigenvalue weighted by atomic mass is 19.1. The van der Waals surface area contributed by atoms with E-state index in [2.05, 4.69) is 15.0 Å². The molecule has 0 radical (unpaired) electrons. The van der Waals surface area contributed by atoms with Gasteiger partial charge in [0.25, 0.3) is 5.56 Å². The van der Waals surface area contributed by atoms with Crippen LogP contribution in [0.5, 0.6) is 5.88 Å². The van der Waals surface area contributed by atoms with E-state index in [1.54, 1.807) is 17.6 Å². The van der Waals surface area contributed by atoms with Gasteiger partial charge in [-0.15, -0.1) is 0 Å². The van der Waals surface area contributed by atoms with Gasteiger partial charge in [0.15, 0.2) is 5.82 Å². The largest absolute Gasteiger partial charge is 0.479 e. The maximum absolute atomic E-state index is 14.2. The number of hydrogen-bond donors (Lipinski definition) is 2. The van der Waals surface area contributed by atoms with Crippen LogP contribution in [-0.4, -0.2) is 51.1 Å². The van der Waals surface area contributed by atoms with E-state index in [0.717, 1.165) is 0 Å². The Morgan fingerprint density at radius 1 is 1.33 bits per heavy atom. The second-order valence-electron chi connectivity index (χ2n) is 7.19. The minimum Gasteiger partial charge on any atom is -0.479 e. The summed E-state index contributed by atoms with van der Waals surface area (Å²) in [7, 11) is 1.32. The minimum atomic E-state index is -0.660. The topological polar surface area (TPSA) is 125 Å². The van der Waals surface area contributed by atoms with E-state index >= 15 is 0 Å². The Kier molecular flexibility index (Phi) is 5.35. The molecule has 3 heterocycles. The average molecular weight is 415 g/mol. The first-order chi connectivity index (χ1) is 14.4. The molecule has 1 saturated carbocycles.